The largest absolute Gasteiger partial charge is 0.372 e. The maximum Gasteiger partial charge on any atom is 0.262 e. The number of piperidine rings is 2. The number of hydrogen-bond acceptors (Lipinski definition) is 8. The highest BCUT2D eigenvalue weighted by atomic mass is 16.2. The second-order valence-electron chi connectivity index (χ2n) is 13.8. The minimum absolute atomic E-state index is 0.0402. The smallest absolute Gasteiger partial charge is 0.262 e. The molecule has 2 N–H and O–H groups in total. The number of rotatable bonds is 7. The number of anilines is 2. The van der Waals surface area contributed by atoms with E-state index >= 15 is 0 Å². The van der Waals surface area contributed by atoms with Gasteiger partial charge in [-0.1, -0.05) is 19.3 Å². The first-order valence-corrected chi connectivity index (χ1v) is 17.3. The fourth-order valence-corrected chi connectivity index (χ4v) is 7.92. The van der Waals surface area contributed by atoms with Crippen LogP contribution >= 0.6 is 0 Å². The van der Waals surface area contributed by atoms with Gasteiger partial charge in [0.1, 0.15) is 6.04 Å². The van der Waals surface area contributed by atoms with Gasteiger partial charge < -0.3 is 15.1 Å². The van der Waals surface area contributed by atoms with Crippen LogP contribution in [0.2, 0.25) is 0 Å². The van der Waals surface area contributed by atoms with Crippen molar-refractivity contribution in [3.05, 3.63) is 59.2 Å². The zero-order valence-electron chi connectivity index (χ0n) is 26.9. The molecular formula is C36H44N6O5. The van der Waals surface area contributed by atoms with Crippen LogP contribution in [0, 0.1) is 5.92 Å². The minimum Gasteiger partial charge on any atom is -0.372 e. The van der Waals surface area contributed by atoms with Gasteiger partial charge in [0.2, 0.25) is 11.8 Å². The first kappa shape index (κ1) is 31.4. The molecule has 5 amide bonds. The number of imide groups is 2. The van der Waals surface area contributed by atoms with Crippen molar-refractivity contribution in [2.24, 2.45) is 5.92 Å². The summed E-state index contributed by atoms with van der Waals surface area (Å²) in [6, 6.07) is 12.8. The number of piperazine rings is 1. The van der Waals surface area contributed by atoms with Gasteiger partial charge in [0, 0.05) is 75.2 Å². The summed E-state index contributed by atoms with van der Waals surface area (Å²) in [5, 5.41) is 5.46. The zero-order chi connectivity index (χ0) is 32.5. The Hall–Kier alpha value is -4.25. The van der Waals surface area contributed by atoms with E-state index in [2.05, 4.69) is 37.5 Å². The van der Waals surface area contributed by atoms with Crippen molar-refractivity contribution in [2.75, 3.05) is 55.6 Å². The van der Waals surface area contributed by atoms with E-state index in [-0.39, 0.29) is 24.7 Å². The van der Waals surface area contributed by atoms with Gasteiger partial charge in [0.05, 0.1) is 11.1 Å². The van der Waals surface area contributed by atoms with Crippen molar-refractivity contribution in [1.82, 2.24) is 20.4 Å². The first-order valence-electron chi connectivity index (χ1n) is 17.3. The third-order valence-electron chi connectivity index (χ3n) is 10.7. The molecule has 4 aliphatic heterocycles. The Morgan fingerprint density at radius 1 is 0.723 bits per heavy atom. The van der Waals surface area contributed by atoms with Crippen molar-refractivity contribution in [3.8, 4) is 0 Å². The number of carbonyl (C=O) groups excluding carboxylic acids is 5. The molecule has 3 saturated heterocycles. The lowest BCUT2D eigenvalue weighted by molar-refractivity contribution is -0.136. The number of benzene rings is 2. The second kappa shape index (κ2) is 13.5. The van der Waals surface area contributed by atoms with Crippen LogP contribution in [0.3, 0.4) is 0 Å². The molecule has 5 aliphatic rings. The number of fused-ring (bicyclic) bond motifs is 1. The molecule has 2 aromatic rings. The average molecular weight is 641 g/mol. The third kappa shape index (κ3) is 6.63. The number of nitrogens with one attached hydrogen (secondary N) is 2. The highest BCUT2D eigenvalue weighted by Crippen LogP contribution is 2.31. The highest BCUT2D eigenvalue weighted by Gasteiger charge is 2.44. The molecule has 0 aromatic heterocycles. The van der Waals surface area contributed by atoms with Gasteiger partial charge in [-0.3, -0.25) is 39.1 Å². The van der Waals surface area contributed by atoms with Crippen LogP contribution in [0.5, 0.6) is 0 Å². The van der Waals surface area contributed by atoms with Crippen molar-refractivity contribution in [3.63, 3.8) is 0 Å². The summed E-state index contributed by atoms with van der Waals surface area (Å²) in [6.07, 6.45) is 8.38. The molecule has 7 rings (SSSR count). The summed E-state index contributed by atoms with van der Waals surface area (Å²) in [6.45, 7) is 6.61. The maximum absolute atomic E-state index is 13.3. The molecular weight excluding hydrogens is 596 g/mol. The minimum atomic E-state index is -0.955. The Bertz CT molecular complexity index is 1540. The van der Waals surface area contributed by atoms with Gasteiger partial charge in [-0.15, -0.1) is 0 Å². The van der Waals surface area contributed by atoms with Crippen LogP contribution in [0.1, 0.15) is 88.9 Å². The van der Waals surface area contributed by atoms with Gasteiger partial charge in [-0.2, -0.15) is 0 Å². The Morgan fingerprint density at radius 3 is 2.09 bits per heavy atom. The van der Waals surface area contributed by atoms with Crippen LogP contribution in [0.25, 0.3) is 0 Å². The second-order valence-corrected chi connectivity index (χ2v) is 13.8. The topological polar surface area (TPSA) is 122 Å². The van der Waals surface area contributed by atoms with Gasteiger partial charge >= 0.3 is 0 Å². The molecule has 1 unspecified atom stereocenters. The van der Waals surface area contributed by atoms with E-state index in [4.69, 9.17) is 0 Å². The number of amides is 5. The van der Waals surface area contributed by atoms with E-state index in [1.165, 1.54) is 24.9 Å². The summed E-state index contributed by atoms with van der Waals surface area (Å²) in [5.74, 6) is -1.24. The maximum atomic E-state index is 13.3. The zero-order valence-corrected chi connectivity index (χ0v) is 26.9. The van der Waals surface area contributed by atoms with E-state index in [1.54, 1.807) is 12.1 Å². The SMILES string of the molecule is O=C1CCC(N2C(=O)c3ccc(N4CCN(CC5CCN(c6ccc(C(=O)NC7CCCCC7)cc6)CC5)CC4)cc3C2=O)C(=O)N1. The molecule has 1 atom stereocenters. The molecule has 4 fully saturated rings. The predicted molar refractivity (Wildman–Crippen MR) is 177 cm³/mol. The van der Waals surface area contributed by atoms with Crippen molar-refractivity contribution in [1.29, 1.82) is 0 Å². The van der Waals surface area contributed by atoms with Gasteiger partial charge in [0.25, 0.3) is 17.7 Å². The summed E-state index contributed by atoms with van der Waals surface area (Å²) in [5.41, 5.74) is 3.46. The summed E-state index contributed by atoms with van der Waals surface area (Å²) >= 11 is 0. The van der Waals surface area contributed by atoms with Crippen molar-refractivity contribution in [2.45, 2.75) is 69.9 Å². The molecule has 248 valence electrons. The van der Waals surface area contributed by atoms with Crippen molar-refractivity contribution >= 4 is 40.9 Å². The Kier molecular flexibility index (Phi) is 8.98. The molecule has 1 aliphatic carbocycles. The Labute approximate surface area is 275 Å². The summed E-state index contributed by atoms with van der Waals surface area (Å²) in [4.78, 5) is 71.2. The molecule has 0 bridgehead atoms. The Balaban J connectivity index is 0.871. The quantitative estimate of drug-likeness (QED) is 0.443. The number of hydrogen-bond donors (Lipinski definition) is 2. The molecule has 47 heavy (non-hydrogen) atoms. The normalized spacial score (nSPS) is 23.2. The fraction of sp³-hybridized carbons (Fsp3) is 0.528. The van der Waals surface area contributed by atoms with Crippen LogP contribution in [-0.4, -0.2) is 97.2 Å². The van der Waals surface area contributed by atoms with Gasteiger partial charge in [-0.05, 0) is 80.5 Å². The Morgan fingerprint density at radius 2 is 1.38 bits per heavy atom. The number of nitrogens with zero attached hydrogens (tertiary/aromatic N) is 4. The van der Waals surface area contributed by atoms with E-state index in [0.29, 0.717) is 23.1 Å². The van der Waals surface area contributed by atoms with Crippen LogP contribution in [0.15, 0.2) is 42.5 Å². The molecule has 11 nitrogen and oxygen atoms in total. The standard InChI is InChI=1S/C36H44N6O5/c43-32-13-12-31(34(45)38-32)42-35(46)29-11-10-28(22-30(29)36(42)47)41-20-18-39(19-21-41)23-24-14-16-40(17-15-24)27-8-6-25(7-9-27)33(44)37-26-4-2-1-3-5-26/h6-11,22,24,26,31H,1-5,12-21,23H2,(H,37,44)(H,38,43,45). The highest BCUT2D eigenvalue weighted by molar-refractivity contribution is 6.23. The lowest BCUT2D eigenvalue weighted by atomic mass is 9.95. The first-order chi connectivity index (χ1) is 22.8. The van der Waals surface area contributed by atoms with Crippen LogP contribution < -0.4 is 20.4 Å². The fourth-order valence-electron chi connectivity index (χ4n) is 7.92. The van der Waals surface area contributed by atoms with E-state index in [0.717, 1.165) is 87.6 Å². The summed E-state index contributed by atoms with van der Waals surface area (Å²) < 4.78 is 0. The van der Waals surface area contributed by atoms with Gasteiger partial charge in [0.15, 0.2) is 0 Å². The monoisotopic (exact) mass is 640 g/mol. The molecule has 11 heteroatoms. The van der Waals surface area contributed by atoms with E-state index in [1.807, 2.05) is 18.2 Å². The van der Waals surface area contributed by atoms with Crippen molar-refractivity contribution < 1.29 is 24.0 Å². The van der Waals surface area contributed by atoms with Crippen LogP contribution in [-0.2, 0) is 9.59 Å². The molecule has 0 spiro atoms. The lowest BCUT2D eigenvalue weighted by Gasteiger charge is -2.40. The van der Waals surface area contributed by atoms with E-state index in [9.17, 15) is 24.0 Å². The molecule has 2 aromatic carbocycles. The molecule has 0 radical (unpaired) electrons. The lowest BCUT2D eigenvalue weighted by Crippen LogP contribution is -2.54. The molecule has 1 saturated carbocycles. The van der Waals surface area contributed by atoms with E-state index < -0.39 is 23.8 Å². The number of carbonyl (C=O) groups is 5. The van der Waals surface area contributed by atoms with Gasteiger partial charge in [-0.25, -0.2) is 0 Å². The summed E-state index contributed by atoms with van der Waals surface area (Å²) in [7, 11) is 0. The van der Waals surface area contributed by atoms with Crippen LogP contribution in [0.4, 0.5) is 11.4 Å². The predicted octanol–water partition coefficient (Wildman–Crippen LogP) is 3.19. The molecule has 4 heterocycles. The average Bonchev–Trinajstić information content (AvgIpc) is 3.34. The third-order valence-corrected chi connectivity index (χ3v) is 10.7.